The molecule has 3 heterocycles. The second kappa shape index (κ2) is 10.8. The molecule has 9 heteroatoms. The first-order valence-corrected chi connectivity index (χ1v) is 12.4. The van der Waals surface area contributed by atoms with E-state index in [1.165, 1.54) is 11.8 Å². The Bertz CT molecular complexity index is 1110. The van der Waals surface area contributed by atoms with Crippen LogP contribution in [0, 0.1) is 17.2 Å². The number of rotatable bonds is 8. The first-order chi connectivity index (χ1) is 16.5. The standard InChI is InChI=1S/C25H29N5O3S/c1-3-33-21-7-5-4-6-18(21)17(2)12-23(31)28-25-20(13-26)19-8-10-30(14-22(19)34-25)24(32)15-29-11-9-27-16-29/h4-7,9,11,16-17,20,25H,3,8,10,12,14-15H2,1-2H3,(H,28,31). The van der Waals surface area contributed by atoms with Gasteiger partial charge in [-0.2, -0.15) is 5.26 Å². The second-order valence-corrected chi connectivity index (χ2v) is 9.77. The van der Waals surface area contributed by atoms with Gasteiger partial charge in [0, 0.05) is 30.3 Å². The lowest BCUT2D eigenvalue weighted by Crippen LogP contribution is -2.38. The number of nitrogens with zero attached hydrogens (tertiary/aromatic N) is 4. The van der Waals surface area contributed by atoms with Crippen molar-refractivity contribution in [1.82, 2.24) is 19.8 Å². The van der Waals surface area contributed by atoms with Crippen molar-refractivity contribution in [2.24, 2.45) is 5.92 Å². The van der Waals surface area contributed by atoms with Crippen molar-refractivity contribution in [2.75, 3.05) is 19.7 Å². The molecule has 0 saturated carbocycles. The number of imidazole rings is 1. The molecule has 0 spiro atoms. The minimum absolute atomic E-state index is 0.0199. The van der Waals surface area contributed by atoms with Gasteiger partial charge >= 0.3 is 0 Å². The van der Waals surface area contributed by atoms with Crippen LogP contribution in [0.4, 0.5) is 0 Å². The van der Waals surface area contributed by atoms with E-state index in [0.717, 1.165) is 21.8 Å². The highest BCUT2D eigenvalue weighted by molar-refractivity contribution is 8.04. The fourth-order valence-corrected chi connectivity index (χ4v) is 5.95. The van der Waals surface area contributed by atoms with Gasteiger partial charge in [-0.05, 0) is 36.5 Å². The van der Waals surface area contributed by atoms with Crippen molar-refractivity contribution in [2.45, 2.75) is 44.5 Å². The second-order valence-electron chi connectivity index (χ2n) is 8.54. The van der Waals surface area contributed by atoms with E-state index in [2.05, 4.69) is 16.4 Å². The van der Waals surface area contributed by atoms with Gasteiger partial charge in [-0.1, -0.05) is 25.1 Å². The summed E-state index contributed by atoms with van der Waals surface area (Å²) in [5.74, 6) is 0.333. The van der Waals surface area contributed by atoms with Gasteiger partial charge in [-0.3, -0.25) is 9.59 Å². The zero-order valence-corrected chi connectivity index (χ0v) is 20.3. The molecule has 3 atom stereocenters. The van der Waals surface area contributed by atoms with Gasteiger partial charge in [0.25, 0.3) is 0 Å². The van der Waals surface area contributed by atoms with Crippen molar-refractivity contribution in [3.05, 3.63) is 59.0 Å². The van der Waals surface area contributed by atoms with E-state index >= 15 is 0 Å². The number of ether oxygens (including phenoxy) is 1. The molecule has 1 aromatic heterocycles. The third-order valence-corrected chi connectivity index (χ3v) is 7.52. The fraction of sp³-hybridized carbons (Fsp3) is 0.440. The predicted molar refractivity (Wildman–Crippen MR) is 130 cm³/mol. The molecule has 178 valence electrons. The average molecular weight is 480 g/mol. The first kappa shape index (κ1) is 23.9. The van der Waals surface area contributed by atoms with Crippen LogP contribution in [0.15, 0.2) is 53.5 Å². The lowest BCUT2D eigenvalue weighted by molar-refractivity contribution is -0.131. The molecular weight excluding hydrogens is 450 g/mol. The highest BCUT2D eigenvalue weighted by Gasteiger charge is 2.40. The maximum absolute atomic E-state index is 12.9. The third kappa shape index (κ3) is 5.28. The monoisotopic (exact) mass is 479 g/mol. The van der Waals surface area contributed by atoms with E-state index in [-0.39, 0.29) is 35.6 Å². The van der Waals surface area contributed by atoms with E-state index in [1.54, 1.807) is 23.3 Å². The normalized spacial score (nSPS) is 20.4. The van der Waals surface area contributed by atoms with Crippen LogP contribution >= 0.6 is 11.8 Å². The Hall–Kier alpha value is -3.25. The van der Waals surface area contributed by atoms with Gasteiger partial charge < -0.3 is 19.5 Å². The molecule has 34 heavy (non-hydrogen) atoms. The number of amides is 2. The largest absolute Gasteiger partial charge is 0.494 e. The Kier molecular flexibility index (Phi) is 7.58. The minimum atomic E-state index is -0.374. The van der Waals surface area contributed by atoms with Crippen molar-refractivity contribution in [1.29, 1.82) is 5.26 Å². The van der Waals surface area contributed by atoms with Crippen LogP contribution in [-0.4, -0.2) is 51.3 Å². The maximum atomic E-state index is 12.9. The lowest BCUT2D eigenvalue weighted by atomic mass is 9.93. The number of carbonyl (C=O) groups is 2. The quantitative estimate of drug-likeness (QED) is 0.624. The van der Waals surface area contributed by atoms with Gasteiger partial charge in [0.1, 0.15) is 12.3 Å². The summed E-state index contributed by atoms with van der Waals surface area (Å²) in [5, 5.41) is 12.6. The number of aromatic nitrogens is 2. The smallest absolute Gasteiger partial charge is 0.242 e. The highest BCUT2D eigenvalue weighted by atomic mass is 32.2. The van der Waals surface area contributed by atoms with Gasteiger partial charge in [-0.25, -0.2) is 4.98 Å². The SMILES string of the molecule is CCOc1ccccc1C(C)CC(=O)NC1SC2=C(CCN(C(=O)Cn3ccnc3)C2)C1C#N. The highest BCUT2D eigenvalue weighted by Crippen LogP contribution is 2.44. The van der Waals surface area contributed by atoms with Gasteiger partial charge in [0.05, 0.1) is 36.8 Å². The van der Waals surface area contributed by atoms with E-state index in [4.69, 9.17) is 4.74 Å². The molecule has 2 aliphatic rings. The molecule has 2 amide bonds. The molecule has 4 rings (SSSR count). The molecule has 1 N–H and O–H groups in total. The summed E-state index contributed by atoms with van der Waals surface area (Å²) in [7, 11) is 0. The number of benzene rings is 1. The summed E-state index contributed by atoms with van der Waals surface area (Å²) in [6, 6.07) is 10.2. The molecular formula is C25H29N5O3S. The Balaban J connectivity index is 1.36. The van der Waals surface area contributed by atoms with E-state index < -0.39 is 0 Å². The predicted octanol–water partition coefficient (Wildman–Crippen LogP) is 3.29. The van der Waals surface area contributed by atoms with Gasteiger partial charge in [0.15, 0.2) is 0 Å². The Labute approximate surface area is 204 Å². The van der Waals surface area contributed by atoms with Crippen molar-refractivity contribution in [3.63, 3.8) is 0 Å². The van der Waals surface area contributed by atoms with E-state index in [1.807, 2.05) is 43.0 Å². The third-order valence-electron chi connectivity index (χ3n) is 6.20. The van der Waals surface area contributed by atoms with E-state index in [0.29, 0.717) is 32.5 Å². The summed E-state index contributed by atoms with van der Waals surface area (Å²) in [6.45, 7) is 5.82. The molecule has 8 nitrogen and oxygen atoms in total. The van der Waals surface area contributed by atoms with Crippen LogP contribution in [0.5, 0.6) is 5.75 Å². The molecule has 0 bridgehead atoms. The molecule has 0 aliphatic carbocycles. The number of nitriles is 1. The number of thioether (sulfide) groups is 1. The van der Waals surface area contributed by atoms with Crippen molar-refractivity contribution in [3.8, 4) is 11.8 Å². The molecule has 1 aromatic carbocycles. The number of para-hydroxylation sites is 1. The summed E-state index contributed by atoms with van der Waals surface area (Å²) in [6.07, 6.45) is 6.00. The first-order valence-electron chi connectivity index (χ1n) is 11.5. The molecule has 2 aromatic rings. The van der Waals surface area contributed by atoms with Crippen LogP contribution in [0.25, 0.3) is 0 Å². The molecule has 0 fully saturated rings. The maximum Gasteiger partial charge on any atom is 0.242 e. The van der Waals surface area contributed by atoms with Crippen molar-refractivity contribution < 1.29 is 14.3 Å². The number of hydrogen-bond acceptors (Lipinski definition) is 6. The average Bonchev–Trinajstić information content (AvgIpc) is 3.45. The zero-order valence-electron chi connectivity index (χ0n) is 19.4. The molecule has 0 saturated heterocycles. The van der Waals surface area contributed by atoms with Crippen LogP contribution in [0.3, 0.4) is 0 Å². The van der Waals surface area contributed by atoms with Crippen LogP contribution in [0.1, 0.15) is 38.2 Å². The topological polar surface area (TPSA) is 100 Å². The van der Waals surface area contributed by atoms with Gasteiger partial charge in [-0.15, -0.1) is 11.8 Å². The minimum Gasteiger partial charge on any atom is -0.494 e. The lowest BCUT2D eigenvalue weighted by Gasteiger charge is -2.28. The van der Waals surface area contributed by atoms with E-state index in [9.17, 15) is 14.9 Å². The zero-order chi connectivity index (χ0) is 24.1. The number of carbonyl (C=O) groups excluding carboxylic acids is 2. The molecule has 2 aliphatic heterocycles. The number of nitrogens with one attached hydrogen (secondary N) is 1. The van der Waals surface area contributed by atoms with Crippen molar-refractivity contribution >= 4 is 23.6 Å². The molecule has 0 radical (unpaired) electrons. The summed E-state index contributed by atoms with van der Waals surface area (Å²) >= 11 is 1.51. The van der Waals surface area contributed by atoms with Gasteiger partial charge in [0.2, 0.25) is 11.8 Å². The summed E-state index contributed by atoms with van der Waals surface area (Å²) < 4.78 is 7.46. The Morgan fingerprint density at radius 2 is 2.21 bits per heavy atom. The van der Waals surface area contributed by atoms with Crippen LogP contribution in [0.2, 0.25) is 0 Å². The summed E-state index contributed by atoms with van der Waals surface area (Å²) in [4.78, 5) is 32.4. The fourth-order valence-electron chi connectivity index (χ4n) is 4.48. The Morgan fingerprint density at radius 3 is 2.94 bits per heavy atom. The Morgan fingerprint density at radius 1 is 1.38 bits per heavy atom. The number of hydrogen-bond donors (Lipinski definition) is 1. The summed E-state index contributed by atoms with van der Waals surface area (Å²) in [5.41, 5.74) is 2.05. The molecule has 3 unspecified atom stereocenters. The van der Waals surface area contributed by atoms with Crippen LogP contribution in [-0.2, 0) is 16.1 Å². The van der Waals surface area contributed by atoms with Crippen LogP contribution < -0.4 is 10.1 Å².